The van der Waals surface area contributed by atoms with Gasteiger partial charge in [0.25, 0.3) is 10.0 Å². The molecule has 1 saturated heterocycles. The number of nitrogens with two attached hydrogens (primary N) is 1. The number of methoxy groups -OCH3 is 1. The van der Waals surface area contributed by atoms with Crippen LogP contribution in [0.15, 0.2) is 21.6 Å². The fourth-order valence-electron chi connectivity index (χ4n) is 2.12. The second-order valence-corrected chi connectivity index (χ2v) is 6.27. The number of hydrogen-bond donors (Lipinski definition) is 1. The van der Waals surface area contributed by atoms with E-state index in [-0.39, 0.29) is 17.6 Å². The molecule has 0 saturated carbocycles. The SMILES string of the molecule is COCC1CCN(S(=O)(=O)c2ccc(CN)o2)C1. The number of ether oxygens (including phenoxy) is 1. The third-order valence-corrected chi connectivity index (χ3v) is 4.82. The maximum absolute atomic E-state index is 12.3. The van der Waals surface area contributed by atoms with Crippen molar-refractivity contribution in [3.05, 3.63) is 17.9 Å². The van der Waals surface area contributed by atoms with E-state index >= 15 is 0 Å². The highest BCUT2D eigenvalue weighted by atomic mass is 32.2. The smallest absolute Gasteiger partial charge is 0.276 e. The van der Waals surface area contributed by atoms with E-state index in [1.807, 2.05) is 0 Å². The van der Waals surface area contributed by atoms with Crippen LogP contribution in [0.2, 0.25) is 0 Å². The highest BCUT2D eigenvalue weighted by molar-refractivity contribution is 7.89. The fourth-order valence-corrected chi connectivity index (χ4v) is 3.58. The minimum absolute atomic E-state index is 0.0268. The molecule has 7 heteroatoms. The summed E-state index contributed by atoms with van der Waals surface area (Å²) in [6.07, 6.45) is 0.817. The zero-order valence-corrected chi connectivity index (χ0v) is 11.1. The molecule has 0 spiro atoms. The number of nitrogens with zero attached hydrogens (tertiary/aromatic N) is 1. The van der Waals surface area contributed by atoms with Crippen molar-refractivity contribution in [3.63, 3.8) is 0 Å². The van der Waals surface area contributed by atoms with Crippen LogP contribution in [0.25, 0.3) is 0 Å². The molecule has 6 nitrogen and oxygen atoms in total. The van der Waals surface area contributed by atoms with Crippen LogP contribution >= 0.6 is 0 Å². The van der Waals surface area contributed by atoms with Gasteiger partial charge in [-0.1, -0.05) is 0 Å². The van der Waals surface area contributed by atoms with Crippen molar-refractivity contribution < 1.29 is 17.6 Å². The van der Waals surface area contributed by atoms with E-state index in [1.54, 1.807) is 13.2 Å². The molecular weight excluding hydrogens is 256 g/mol. The zero-order chi connectivity index (χ0) is 13.2. The summed E-state index contributed by atoms with van der Waals surface area (Å²) in [5.41, 5.74) is 5.40. The van der Waals surface area contributed by atoms with Crippen LogP contribution in [0.3, 0.4) is 0 Å². The van der Waals surface area contributed by atoms with Crippen molar-refractivity contribution in [1.82, 2.24) is 4.31 Å². The van der Waals surface area contributed by atoms with Crippen LogP contribution in [0, 0.1) is 5.92 Å². The highest BCUT2D eigenvalue weighted by Crippen LogP contribution is 2.25. The standard InChI is InChI=1S/C11H18N2O4S/c1-16-8-9-4-5-13(7-9)18(14,15)11-3-2-10(6-12)17-11/h2-3,9H,4-8,12H2,1H3. The lowest BCUT2D eigenvalue weighted by molar-refractivity contribution is 0.157. The first kappa shape index (κ1) is 13.5. The first-order chi connectivity index (χ1) is 8.57. The molecule has 0 amide bonds. The van der Waals surface area contributed by atoms with E-state index in [2.05, 4.69) is 0 Å². The van der Waals surface area contributed by atoms with Gasteiger partial charge < -0.3 is 14.9 Å². The first-order valence-corrected chi connectivity index (χ1v) is 7.29. The minimum Gasteiger partial charge on any atom is -0.447 e. The summed E-state index contributed by atoms with van der Waals surface area (Å²) < 4.78 is 36.2. The van der Waals surface area contributed by atoms with Gasteiger partial charge in [0.15, 0.2) is 0 Å². The number of hydrogen-bond acceptors (Lipinski definition) is 5. The minimum atomic E-state index is -3.52. The highest BCUT2D eigenvalue weighted by Gasteiger charge is 2.34. The van der Waals surface area contributed by atoms with E-state index < -0.39 is 10.0 Å². The second-order valence-electron chi connectivity index (χ2n) is 4.40. The van der Waals surface area contributed by atoms with Crippen LogP contribution < -0.4 is 5.73 Å². The molecule has 1 aromatic heterocycles. The average Bonchev–Trinajstić information content (AvgIpc) is 2.98. The van der Waals surface area contributed by atoms with Crippen molar-refractivity contribution in [2.75, 3.05) is 26.8 Å². The third kappa shape index (κ3) is 2.59. The summed E-state index contributed by atoms with van der Waals surface area (Å²) in [7, 11) is -1.90. The predicted molar refractivity (Wildman–Crippen MR) is 65.3 cm³/mol. The summed E-state index contributed by atoms with van der Waals surface area (Å²) in [6, 6.07) is 3.05. The maximum atomic E-state index is 12.3. The molecule has 1 aliphatic rings. The largest absolute Gasteiger partial charge is 0.447 e. The maximum Gasteiger partial charge on any atom is 0.276 e. The van der Waals surface area contributed by atoms with Crippen LogP contribution in [0.5, 0.6) is 0 Å². The van der Waals surface area contributed by atoms with Gasteiger partial charge in [-0.25, -0.2) is 8.42 Å². The lowest BCUT2D eigenvalue weighted by Crippen LogP contribution is -2.29. The topological polar surface area (TPSA) is 85.8 Å². The molecule has 0 aromatic carbocycles. The van der Waals surface area contributed by atoms with Crippen molar-refractivity contribution in [2.45, 2.75) is 18.1 Å². The molecule has 1 aliphatic heterocycles. The van der Waals surface area contributed by atoms with Crippen LogP contribution in [0.1, 0.15) is 12.2 Å². The molecule has 1 unspecified atom stereocenters. The zero-order valence-electron chi connectivity index (χ0n) is 10.3. The Morgan fingerprint density at radius 3 is 2.94 bits per heavy atom. The Morgan fingerprint density at radius 2 is 2.33 bits per heavy atom. The molecule has 1 atom stereocenters. The van der Waals surface area contributed by atoms with E-state index in [9.17, 15) is 8.42 Å². The molecule has 1 fully saturated rings. The Bertz CT molecular complexity index is 497. The van der Waals surface area contributed by atoms with Crippen molar-refractivity contribution >= 4 is 10.0 Å². The number of sulfonamides is 1. The lowest BCUT2D eigenvalue weighted by Gasteiger charge is -2.14. The van der Waals surface area contributed by atoms with Crippen LogP contribution in [0.4, 0.5) is 0 Å². The molecular formula is C11H18N2O4S. The Kier molecular flexibility index (Phi) is 4.06. The predicted octanol–water partition coefficient (Wildman–Crippen LogP) is 0.395. The van der Waals surface area contributed by atoms with E-state index in [0.29, 0.717) is 25.5 Å². The molecule has 2 heterocycles. The fraction of sp³-hybridized carbons (Fsp3) is 0.636. The van der Waals surface area contributed by atoms with E-state index in [4.69, 9.17) is 14.9 Å². The van der Waals surface area contributed by atoms with Gasteiger partial charge in [0.2, 0.25) is 5.09 Å². The molecule has 18 heavy (non-hydrogen) atoms. The second kappa shape index (κ2) is 5.40. The Hall–Kier alpha value is -0.890. The Morgan fingerprint density at radius 1 is 1.56 bits per heavy atom. The quantitative estimate of drug-likeness (QED) is 0.839. The summed E-state index contributed by atoms with van der Waals surface area (Å²) in [5.74, 6) is 0.731. The average molecular weight is 274 g/mol. The van der Waals surface area contributed by atoms with Crippen molar-refractivity contribution in [1.29, 1.82) is 0 Å². The number of furan rings is 1. The number of rotatable bonds is 5. The Labute approximate surface area is 107 Å². The van der Waals surface area contributed by atoms with E-state index in [1.165, 1.54) is 10.4 Å². The van der Waals surface area contributed by atoms with Gasteiger partial charge in [-0.05, 0) is 24.5 Å². The van der Waals surface area contributed by atoms with Crippen molar-refractivity contribution in [3.8, 4) is 0 Å². The van der Waals surface area contributed by atoms with Crippen LogP contribution in [-0.4, -0.2) is 39.5 Å². The van der Waals surface area contributed by atoms with E-state index in [0.717, 1.165) is 6.42 Å². The van der Waals surface area contributed by atoms with Gasteiger partial charge in [-0.2, -0.15) is 4.31 Å². The summed E-state index contributed by atoms with van der Waals surface area (Å²) in [5, 5.41) is -0.0268. The van der Waals surface area contributed by atoms with Gasteiger partial charge in [0, 0.05) is 20.2 Å². The van der Waals surface area contributed by atoms with Gasteiger partial charge in [-0.15, -0.1) is 0 Å². The van der Waals surface area contributed by atoms with Crippen LogP contribution in [-0.2, 0) is 21.3 Å². The van der Waals surface area contributed by atoms with Crippen molar-refractivity contribution in [2.24, 2.45) is 11.7 Å². The lowest BCUT2D eigenvalue weighted by atomic mass is 10.1. The molecule has 0 bridgehead atoms. The molecule has 102 valence electrons. The summed E-state index contributed by atoms with van der Waals surface area (Å²) in [6.45, 7) is 1.77. The molecule has 0 radical (unpaired) electrons. The molecule has 0 aliphatic carbocycles. The Balaban J connectivity index is 2.12. The molecule has 2 rings (SSSR count). The van der Waals surface area contributed by atoms with Gasteiger partial charge in [0.05, 0.1) is 13.2 Å². The summed E-state index contributed by atoms with van der Waals surface area (Å²) in [4.78, 5) is 0. The normalized spacial score (nSPS) is 21.6. The van der Waals surface area contributed by atoms with Gasteiger partial charge >= 0.3 is 0 Å². The summed E-state index contributed by atoms with van der Waals surface area (Å²) >= 11 is 0. The van der Waals surface area contributed by atoms with Gasteiger partial charge in [0.1, 0.15) is 5.76 Å². The van der Waals surface area contributed by atoms with Gasteiger partial charge in [-0.3, -0.25) is 0 Å². The molecule has 1 aromatic rings. The third-order valence-electron chi connectivity index (χ3n) is 3.08. The first-order valence-electron chi connectivity index (χ1n) is 5.85. The molecule has 2 N–H and O–H groups in total. The monoisotopic (exact) mass is 274 g/mol.